The van der Waals surface area contributed by atoms with E-state index in [0.29, 0.717) is 18.5 Å². The van der Waals surface area contributed by atoms with Gasteiger partial charge in [0.15, 0.2) is 0 Å². The van der Waals surface area contributed by atoms with E-state index in [1.807, 2.05) is 24.3 Å². The summed E-state index contributed by atoms with van der Waals surface area (Å²) in [4.78, 5) is 35.1. The van der Waals surface area contributed by atoms with Gasteiger partial charge in [0.2, 0.25) is 5.91 Å². The van der Waals surface area contributed by atoms with Gasteiger partial charge in [-0.25, -0.2) is 4.79 Å². The summed E-state index contributed by atoms with van der Waals surface area (Å²) < 4.78 is 5.47. The van der Waals surface area contributed by atoms with Crippen molar-refractivity contribution < 1.29 is 24.2 Å². The van der Waals surface area contributed by atoms with E-state index in [0.717, 1.165) is 11.1 Å². The average Bonchev–Trinajstić information content (AvgIpc) is 3.51. The Labute approximate surface area is 186 Å². The maximum absolute atomic E-state index is 12.2. The molecule has 2 aromatic rings. The Hall–Kier alpha value is -3.61. The third-order valence-electron chi connectivity index (χ3n) is 6.12. The zero-order chi connectivity index (χ0) is 22.7. The topological polar surface area (TPSA) is 105 Å². The fourth-order valence-corrected chi connectivity index (χ4v) is 4.17. The molecule has 3 N–H and O–H groups in total. The van der Waals surface area contributed by atoms with E-state index in [-0.39, 0.29) is 36.8 Å². The maximum atomic E-state index is 12.2. The molecule has 1 fully saturated rings. The first-order valence-corrected chi connectivity index (χ1v) is 10.7. The first kappa shape index (κ1) is 21.6. The van der Waals surface area contributed by atoms with Crippen LogP contribution < -0.4 is 10.6 Å². The number of carbonyl (C=O) groups is 3. The molecular formula is C25H26N2O5. The van der Waals surface area contributed by atoms with Crippen molar-refractivity contribution in [2.75, 3.05) is 19.7 Å². The van der Waals surface area contributed by atoms with Crippen molar-refractivity contribution in [2.45, 2.75) is 19.3 Å². The molecule has 2 amide bonds. The molecule has 7 nitrogen and oxygen atoms in total. The second-order valence-electron chi connectivity index (χ2n) is 8.24. The standard InChI is InChI=1S/C25H26N2O5/c1-15(23(28)27-13-16-12-21(16)24(29)30)10-11-26-25(31)32-14-22-19-8-4-2-6-17(19)18-7-3-5-9-20(18)22/h2-10,16,21-22H,11-14H2,1H3,(H,26,31)(H,27,28)(H,29,30)/b15-10+. The van der Waals surface area contributed by atoms with Gasteiger partial charge in [-0.2, -0.15) is 0 Å². The smallest absolute Gasteiger partial charge is 0.407 e. The van der Waals surface area contributed by atoms with Crippen molar-refractivity contribution >= 4 is 18.0 Å². The minimum absolute atomic E-state index is 0.00296. The highest BCUT2D eigenvalue weighted by molar-refractivity contribution is 5.93. The maximum Gasteiger partial charge on any atom is 0.407 e. The number of hydrogen-bond donors (Lipinski definition) is 3. The van der Waals surface area contributed by atoms with Gasteiger partial charge in [-0.3, -0.25) is 9.59 Å². The summed E-state index contributed by atoms with van der Waals surface area (Å²) in [5, 5.41) is 14.3. The van der Waals surface area contributed by atoms with Crippen LogP contribution in [0, 0.1) is 11.8 Å². The molecule has 0 bridgehead atoms. The number of fused-ring (bicyclic) bond motifs is 3. The summed E-state index contributed by atoms with van der Waals surface area (Å²) >= 11 is 0. The molecule has 0 aromatic heterocycles. The van der Waals surface area contributed by atoms with Gasteiger partial charge < -0.3 is 20.5 Å². The van der Waals surface area contributed by atoms with Crippen LogP contribution >= 0.6 is 0 Å². The Bertz CT molecular complexity index is 1030. The highest BCUT2D eigenvalue weighted by Gasteiger charge is 2.43. The number of nitrogens with one attached hydrogen (secondary N) is 2. The normalized spacial score (nSPS) is 19.0. The van der Waals surface area contributed by atoms with Crippen molar-refractivity contribution in [3.05, 3.63) is 71.3 Å². The van der Waals surface area contributed by atoms with E-state index in [1.54, 1.807) is 13.0 Å². The Kier molecular flexibility index (Phi) is 6.25. The summed E-state index contributed by atoms with van der Waals surface area (Å²) in [6.07, 6.45) is 1.67. The van der Waals surface area contributed by atoms with Gasteiger partial charge >= 0.3 is 12.1 Å². The number of carboxylic acids is 1. The summed E-state index contributed by atoms with van der Waals surface area (Å²) in [5.41, 5.74) is 5.09. The quantitative estimate of drug-likeness (QED) is 0.553. The Morgan fingerprint density at radius 3 is 2.25 bits per heavy atom. The summed E-state index contributed by atoms with van der Waals surface area (Å²) in [6, 6.07) is 16.3. The fourth-order valence-electron chi connectivity index (χ4n) is 4.17. The zero-order valence-corrected chi connectivity index (χ0v) is 17.8. The van der Waals surface area contributed by atoms with E-state index in [1.165, 1.54) is 11.1 Å². The molecule has 1 saturated carbocycles. The van der Waals surface area contributed by atoms with Crippen molar-refractivity contribution in [1.82, 2.24) is 10.6 Å². The second-order valence-corrected chi connectivity index (χ2v) is 8.24. The van der Waals surface area contributed by atoms with Gasteiger partial charge in [-0.15, -0.1) is 0 Å². The number of ether oxygens (including phenoxy) is 1. The lowest BCUT2D eigenvalue weighted by molar-refractivity contribution is -0.139. The van der Waals surface area contributed by atoms with Crippen LogP contribution in [-0.2, 0) is 14.3 Å². The van der Waals surface area contributed by atoms with Crippen LogP contribution in [0.4, 0.5) is 4.79 Å². The highest BCUT2D eigenvalue weighted by atomic mass is 16.5. The molecule has 7 heteroatoms. The van der Waals surface area contributed by atoms with Crippen LogP contribution in [0.5, 0.6) is 0 Å². The van der Waals surface area contributed by atoms with Crippen molar-refractivity contribution in [1.29, 1.82) is 0 Å². The van der Waals surface area contributed by atoms with Crippen molar-refractivity contribution in [3.63, 3.8) is 0 Å². The Morgan fingerprint density at radius 1 is 1.03 bits per heavy atom. The second kappa shape index (κ2) is 9.26. The molecule has 4 rings (SSSR count). The van der Waals surface area contributed by atoms with Crippen molar-refractivity contribution in [3.8, 4) is 11.1 Å². The van der Waals surface area contributed by atoms with E-state index >= 15 is 0 Å². The lowest BCUT2D eigenvalue weighted by Gasteiger charge is -2.14. The number of aliphatic carboxylic acids is 1. The minimum atomic E-state index is -0.816. The number of rotatable bonds is 8. The molecule has 2 atom stereocenters. The largest absolute Gasteiger partial charge is 0.481 e. The first-order valence-electron chi connectivity index (χ1n) is 10.7. The zero-order valence-electron chi connectivity index (χ0n) is 17.8. The number of carboxylic acid groups (broad SMARTS) is 1. The van der Waals surface area contributed by atoms with Crippen molar-refractivity contribution in [2.24, 2.45) is 11.8 Å². The van der Waals surface area contributed by atoms with Crippen LogP contribution in [0.1, 0.15) is 30.4 Å². The van der Waals surface area contributed by atoms with Gasteiger partial charge in [0, 0.05) is 24.6 Å². The van der Waals surface area contributed by atoms with E-state index in [9.17, 15) is 14.4 Å². The lowest BCUT2D eigenvalue weighted by Crippen LogP contribution is -2.29. The summed E-state index contributed by atoms with van der Waals surface area (Å²) in [6.45, 7) is 2.39. The molecule has 2 aromatic carbocycles. The predicted molar refractivity (Wildman–Crippen MR) is 119 cm³/mol. The third-order valence-corrected chi connectivity index (χ3v) is 6.12. The number of alkyl carbamates (subject to hydrolysis) is 1. The number of hydrogen-bond acceptors (Lipinski definition) is 4. The summed E-state index contributed by atoms with van der Waals surface area (Å²) in [7, 11) is 0. The van der Waals surface area contributed by atoms with Gasteiger partial charge in [0.05, 0.1) is 5.92 Å². The molecule has 0 heterocycles. The molecular weight excluding hydrogens is 408 g/mol. The minimum Gasteiger partial charge on any atom is -0.481 e. The molecule has 0 aliphatic heterocycles. The van der Waals surface area contributed by atoms with Gasteiger partial charge in [0.25, 0.3) is 0 Å². The molecule has 2 unspecified atom stereocenters. The highest BCUT2D eigenvalue weighted by Crippen LogP contribution is 2.44. The van der Waals surface area contributed by atoms with Crippen LogP contribution in [0.2, 0.25) is 0 Å². The summed E-state index contributed by atoms with van der Waals surface area (Å²) in [5.74, 6) is -1.44. The first-order chi connectivity index (χ1) is 15.5. The van der Waals surface area contributed by atoms with E-state index < -0.39 is 12.1 Å². The average molecular weight is 434 g/mol. The van der Waals surface area contributed by atoms with Gasteiger partial charge in [-0.05, 0) is 41.5 Å². The number of carbonyl (C=O) groups excluding carboxylic acids is 2. The molecule has 2 aliphatic carbocycles. The third kappa shape index (κ3) is 4.66. The van der Waals surface area contributed by atoms with Crippen LogP contribution in [0.15, 0.2) is 60.2 Å². The Morgan fingerprint density at radius 2 is 1.66 bits per heavy atom. The fraction of sp³-hybridized carbons (Fsp3) is 0.320. The Balaban J connectivity index is 1.23. The van der Waals surface area contributed by atoms with Crippen LogP contribution in [0.3, 0.4) is 0 Å². The molecule has 0 spiro atoms. The molecule has 0 radical (unpaired) electrons. The molecule has 32 heavy (non-hydrogen) atoms. The monoisotopic (exact) mass is 434 g/mol. The van der Waals surface area contributed by atoms with E-state index in [2.05, 4.69) is 34.9 Å². The number of benzene rings is 2. The predicted octanol–water partition coefficient (Wildman–Crippen LogP) is 3.31. The molecule has 2 aliphatic rings. The lowest BCUT2D eigenvalue weighted by atomic mass is 9.98. The molecule has 166 valence electrons. The van der Waals surface area contributed by atoms with Gasteiger partial charge in [-0.1, -0.05) is 54.6 Å². The molecule has 0 saturated heterocycles. The van der Waals surface area contributed by atoms with E-state index in [4.69, 9.17) is 9.84 Å². The van der Waals surface area contributed by atoms with Crippen LogP contribution in [0.25, 0.3) is 11.1 Å². The van der Waals surface area contributed by atoms with Crippen LogP contribution in [-0.4, -0.2) is 42.8 Å². The van der Waals surface area contributed by atoms with Gasteiger partial charge in [0.1, 0.15) is 6.61 Å². The number of amides is 2. The SMILES string of the molecule is C/C(=C\CNC(=O)OCC1c2ccccc2-c2ccccc21)C(=O)NCC1CC1C(=O)O.